The molecule has 1 aliphatic heterocycles. The van der Waals surface area contributed by atoms with Crippen molar-refractivity contribution in [2.45, 2.75) is 16.2 Å². The highest BCUT2D eigenvalue weighted by molar-refractivity contribution is 7.99. The molecule has 0 unspecified atom stereocenters. The SMILES string of the molecule is O=C(Nc1ccnc(Sc2ccccn2)c1)[C@@H]1COCCO1. The molecule has 1 atom stereocenters. The van der Waals surface area contributed by atoms with Crippen LogP contribution in [0.15, 0.2) is 52.8 Å². The highest BCUT2D eigenvalue weighted by atomic mass is 32.2. The third-order valence-corrected chi connectivity index (χ3v) is 3.84. The molecule has 1 saturated heterocycles. The Morgan fingerprint density at radius 3 is 2.86 bits per heavy atom. The summed E-state index contributed by atoms with van der Waals surface area (Å²) in [5.74, 6) is -0.209. The maximum atomic E-state index is 12.1. The average molecular weight is 317 g/mol. The minimum absolute atomic E-state index is 0.209. The highest BCUT2D eigenvalue weighted by Gasteiger charge is 2.22. The Hall–Kier alpha value is -1.96. The largest absolute Gasteiger partial charge is 0.376 e. The summed E-state index contributed by atoms with van der Waals surface area (Å²) >= 11 is 1.43. The van der Waals surface area contributed by atoms with E-state index in [-0.39, 0.29) is 12.5 Å². The predicted molar refractivity (Wildman–Crippen MR) is 81.8 cm³/mol. The molecule has 1 N–H and O–H groups in total. The summed E-state index contributed by atoms with van der Waals surface area (Å²) < 4.78 is 10.6. The number of hydrogen-bond acceptors (Lipinski definition) is 6. The van der Waals surface area contributed by atoms with Crippen molar-refractivity contribution in [2.24, 2.45) is 0 Å². The summed E-state index contributed by atoms with van der Waals surface area (Å²) in [6.45, 7) is 1.26. The first-order valence-electron chi connectivity index (χ1n) is 6.86. The molecular formula is C15H15N3O3S. The lowest BCUT2D eigenvalue weighted by Gasteiger charge is -2.22. The van der Waals surface area contributed by atoms with Gasteiger partial charge in [-0.1, -0.05) is 17.8 Å². The van der Waals surface area contributed by atoms with Crippen LogP contribution in [-0.4, -0.2) is 41.8 Å². The van der Waals surface area contributed by atoms with Crippen LogP contribution in [0, 0.1) is 0 Å². The van der Waals surface area contributed by atoms with Gasteiger partial charge in [-0.25, -0.2) is 9.97 Å². The van der Waals surface area contributed by atoms with Crippen LogP contribution in [-0.2, 0) is 14.3 Å². The monoisotopic (exact) mass is 317 g/mol. The van der Waals surface area contributed by atoms with E-state index >= 15 is 0 Å². The third-order valence-electron chi connectivity index (χ3n) is 2.96. The smallest absolute Gasteiger partial charge is 0.255 e. The van der Waals surface area contributed by atoms with E-state index in [1.807, 2.05) is 18.2 Å². The van der Waals surface area contributed by atoms with Crippen LogP contribution >= 0.6 is 11.8 Å². The van der Waals surface area contributed by atoms with E-state index in [2.05, 4.69) is 15.3 Å². The zero-order valence-corrected chi connectivity index (χ0v) is 12.6. The number of pyridine rings is 2. The van der Waals surface area contributed by atoms with E-state index in [4.69, 9.17) is 9.47 Å². The molecule has 0 aromatic carbocycles. The normalized spacial score (nSPS) is 17.9. The van der Waals surface area contributed by atoms with Crippen molar-refractivity contribution in [3.05, 3.63) is 42.7 Å². The van der Waals surface area contributed by atoms with Gasteiger partial charge in [0.1, 0.15) is 10.1 Å². The maximum absolute atomic E-state index is 12.1. The zero-order chi connectivity index (χ0) is 15.2. The molecule has 3 rings (SSSR count). The van der Waals surface area contributed by atoms with Crippen LogP contribution in [0.2, 0.25) is 0 Å². The number of ether oxygens (including phenoxy) is 2. The first kappa shape index (κ1) is 15.0. The van der Waals surface area contributed by atoms with Gasteiger partial charge in [0.25, 0.3) is 5.91 Å². The molecule has 1 aliphatic rings. The molecular weight excluding hydrogens is 302 g/mol. The van der Waals surface area contributed by atoms with Crippen LogP contribution in [0.4, 0.5) is 5.69 Å². The van der Waals surface area contributed by atoms with E-state index in [0.29, 0.717) is 18.9 Å². The summed E-state index contributed by atoms with van der Waals surface area (Å²) in [6, 6.07) is 9.23. The molecule has 7 heteroatoms. The molecule has 22 heavy (non-hydrogen) atoms. The summed E-state index contributed by atoms with van der Waals surface area (Å²) in [7, 11) is 0. The van der Waals surface area contributed by atoms with Crippen LogP contribution < -0.4 is 5.32 Å². The molecule has 0 aliphatic carbocycles. The van der Waals surface area contributed by atoms with Crippen LogP contribution in [0.5, 0.6) is 0 Å². The topological polar surface area (TPSA) is 73.3 Å². The fraction of sp³-hybridized carbons (Fsp3) is 0.267. The number of rotatable bonds is 4. The molecule has 2 aromatic rings. The summed E-state index contributed by atoms with van der Waals surface area (Å²) in [4.78, 5) is 20.6. The van der Waals surface area contributed by atoms with Crippen molar-refractivity contribution >= 4 is 23.4 Å². The summed E-state index contributed by atoms with van der Waals surface area (Å²) in [6.07, 6.45) is 2.82. The van der Waals surface area contributed by atoms with Gasteiger partial charge in [-0.2, -0.15) is 0 Å². The number of amides is 1. The lowest BCUT2D eigenvalue weighted by Crippen LogP contribution is -2.39. The van der Waals surface area contributed by atoms with E-state index in [9.17, 15) is 4.79 Å². The summed E-state index contributed by atoms with van der Waals surface area (Å²) in [5, 5.41) is 4.43. The zero-order valence-electron chi connectivity index (χ0n) is 11.8. The minimum atomic E-state index is -0.561. The number of nitrogens with zero attached hydrogens (tertiary/aromatic N) is 2. The van der Waals surface area contributed by atoms with Crippen molar-refractivity contribution in [3.63, 3.8) is 0 Å². The van der Waals surface area contributed by atoms with Gasteiger partial charge in [-0.15, -0.1) is 0 Å². The number of carbonyl (C=O) groups is 1. The Kier molecular flexibility index (Phi) is 4.99. The van der Waals surface area contributed by atoms with Crippen molar-refractivity contribution in [2.75, 3.05) is 25.1 Å². The molecule has 1 fully saturated rings. The quantitative estimate of drug-likeness (QED) is 0.929. The van der Waals surface area contributed by atoms with Gasteiger partial charge < -0.3 is 14.8 Å². The van der Waals surface area contributed by atoms with Crippen LogP contribution in [0.25, 0.3) is 0 Å². The number of aromatic nitrogens is 2. The molecule has 0 bridgehead atoms. The maximum Gasteiger partial charge on any atom is 0.255 e. The second-order valence-corrected chi connectivity index (χ2v) is 5.62. The minimum Gasteiger partial charge on any atom is -0.376 e. The number of anilines is 1. The Labute approximate surface area is 132 Å². The van der Waals surface area contributed by atoms with Crippen molar-refractivity contribution in [3.8, 4) is 0 Å². The fourth-order valence-electron chi connectivity index (χ4n) is 1.92. The predicted octanol–water partition coefficient (Wildman–Crippen LogP) is 1.98. The van der Waals surface area contributed by atoms with Gasteiger partial charge >= 0.3 is 0 Å². The molecule has 0 radical (unpaired) electrons. The molecule has 114 valence electrons. The van der Waals surface area contributed by atoms with Gasteiger partial charge in [0, 0.05) is 18.1 Å². The first-order valence-corrected chi connectivity index (χ1v) is 7.68. The first-order chi connectivity index (χ1) is 10.8. The van der Waals surface area contributed by atoms with Gasteiger partial charge in [-0.3, -0.25) is 4.79 Å². The number of hydrogen-bond donors (Lipinski definition) is 1. The standard InChI is InChI=1S/C15H15N3O3S/c19-15(12-10-20-7-8-21-12)18-11-4-6-17-14(9-11)22-13-3-1-2-5-16-13/h1-6,9,12H,7-8,10H2,(H,17,18,19)/t12-/m0/s1. The van der Waals surface area contributed by atoms with E-state index in [1.165, 1.54) is 11.8 Å². The Morgan fingerprint density at radius 2 is 2.09 bits per heavy atom. The second-order valence-electron chi connectivity index (χ2n) is 4.58. The Morgan fingerprint density at radius 1 is 1.18 bits per heavy atom. The van der Waals surface area contributed by atoms with Crippen LogP contribution in [0.1, 0.15) is 0 Å². The highest BCUT2D eigenvalue weighted by Crippen LogP contribution is 2.25. The van der Waals surface area contributed by atoms with Crippen molar-refractivity contribution < 1.29 is 14.3 Å². The molecule has 1 amide bonds. The van der Waals surface area contributed by atoms with Gasteiger partial charge in [0.05, 0.1) is 19.8 Å². The van der Waals surface area contributed by atoms with Crippen LogP contribution in [0.3, 0.4) is 0 Å². The van der Waals surface area contributed by atoms with Crippen molar-refractivity contribution in [1.82, 2.24) is 9.97 Å². The fourth-order valence-corrected chi connectivity index (χ4v) is 2.69. The molecule has 0 spiro atoms. The van der Waals surface area contributed by atoms with E-state index in [0.717, 1.165) is 10.1 Å². The summed E-state index contributed by atoms with van der Waals surface area (Å²) in [5.41, 5.74) is 0.674. The van der Waals surface area contributed by atoms with E-state index in [1.54, 1.807) is 24.5 Å². The Balaban J connectivity index is 1.64. The Bertz CT molecular complexity index is 633. The lowest BCUT2D eigenvalue weighted by atomic mass is 10.3. The number of nitrogens with one attached hydrogen (secondary N) is 1. The second kappa shape index (κ2) is 7.35. The van der Waals surface area contributed by atoms with Gasteiger partial charge in [0.15, 0.2) is 6.10 Å². The van der Waals surface area contributed by atoms with Crippen molar-refractivity contribution in [1.29, 1.82) is 0 Å². The molecule has 6 nitrogen and oxygen atoms in total. The third kappa shape index (κ3) is 4.03. The van der Waals surface area contributed by atoms with E-state index < -0.39 is 6.10 Å². The number of carbonyl (C=O) groups excluding carboxylic acids is 1. The molecule has 2 aromatic heterocycles. The van der Waals surface area contributed by atoms with Gasteiger partial charge in [0.2, 0.25) is 0 Å². The molecule has 3 heterocycles. The average Bonchev–Trinajstić information content (AvgIpc) is 2.57. The van der Waals surface area contributed by atoms with Gasteiger partial charge in [-0.05, 0) is 24.3 Å². The lowest BCUT2D eigenvalue weighted by molar-refractivity contribution is -0.142. The molecule has 0 saturated carbocycles.